The van der Waals surface area contributed by atoms with Gasteiger partial charge in [-0.3, -0.25) is 39.9 Å². The molecule has 2 aliphatic carbocycles. The van der Waals surface area contributed by atoms with Crippen LogP contribution in [0.3, 0.4) is 0 Å². The quantitative estimate of drug-likeness (QED) is 0.137. The summed E-state index contributed by atoms with van der Waals surface area (Å²) in [6.07, 6.45) is 23.9. The first-order chi connectivity index (χ1) is 32.0. The Morgan fingerprint density at radius 1 is 0.303 bits per heavy atom. The van der Waals surface area contributed by atoms with Crippen molar-refractivity contribution in [3.05, 3.63) is 115 Å². The molecule has 0 spiro atoms. The molecule has 2 aliphatic heterocycles. The number of aromatic hydroxyl groups is 4. The maximum absolute atomic E-state index is 11.0. The Bertz CT molecular complexity index is 2260. The maximum atomic E-state index is 11.0. The fourth-order valence-electron chi connectivity index (χ4n) is 8.87. The lowest BCUT2D eigenvalue weighted by Gasteiger charge is -2.26. The molecular formula is C54H64N8O4. The van der Waals surface area contributed by atoms with Crippen LogP contribution in [0, 0.1) is 27.7 Å². The van der Waals surface area contributed by atoms with E-state index in [0.717, 1.165) is 86.5 Å². The Kier molecular flexibility index (Phi) is 16.6. The van der Waals surface area contributed by atoms with Crippen LogP contribution < -0.4 is 0 Å². The summed E-state index contributed by atoms with van der Waals surface area (Å²) in [7, 11) is 0. The van der Waals surface area contributed by atoms with Crippen molar-refractivity contribution in [2.75, 3.05) is 26.2 Å². The first-order valence-electron chi connectivity index (χ1n) is 23.5. The van der Waals surface area contributed by atoms with E-state index in [4.69, 9.17) is 20.0 Å². The molecule has 0 saturated heterocycles. The third-order valence-corrected chi connectivity index (χ3v) is 12.3. The van der Waals surface area contributed by atoms with Gasteiger partial charge in [-0.15, -0.1) is 0 Å². The maximum Gasteiger partial charge on any atom is 0.133 e. The lowest BCUT2D eigenvalue weighted by Crippen LogP contribution is -2.27. The lowest BCUT2D eigenvalue weighted by atomic mass is 9.90. The molecule has 12 nitrogen and oxygen atoms in total. The smallest absolute Gasteiger partial charge is 0.133 e. The van der Waals surface area contributed by atoms with Gasteiger partial charge >= 0.3 is 0 Å². The van der Waals surface area contributed by atoms with Crippen molar-refractivity contribution in [1.82, 2.24) is 0 Å². The molecule has 4 unspecified atom stereocenters. The van der Waals surface area contributed by atoms with E-state index in [2.05, 4.69) is 20.0 Å². The van der Waals surface area contributed by atoms with Gasteiger partial charge in [-0.25, -0.2) is 0 Å². The SMILES string of the molecule is Cc1cc2c(O)c(c1)C=NC1CCCCC1N=Cc1cc(C)cc(c1O)C=NC1CCCCC1N=C2.Cc1cc2c(O)c(c1)C=NCCCN=Cc1cc(C)cc(c1O)C=NCCCN=C2. The molecule has 66 heavy (non-hydrogen) atoms. The van der Waals surface area contributed by atoms with Crippen molar-refractivity contribution in [1.29, 1.82) is 0 Å². The van der Waals surface area contributed by atoms with Crippen LogP contribution in [0.15, 0.2) is 88.5 Å². The van der Waals surface area contributed by atoms with Gasteiger partial charge in [0, 0.05) is 120 Å². The molecule has 0 aromatic heterocycles. The molecule has 8 rings (SSSR count). The number of benzene rings is 4. The van der Waals surface area contributed by atoms with Crippen LogP contribution in [0.4, 0.5) is 0 Å². The average Bonchev–Trinajstić information content (AvgIpc) is 3.30. The summed E-state index contributed by atoms with van der Waals surface area (Å²) in [4.78, 5) is 37.3. The van der Waals surface area contributed by atoms with Crippen LogP contribution in [-0.4, -0.2) is 120 Å². The first kappa shape index (κ1) is 47.4. The number of aryl methyl sites for hydroxylation is 4. The number of hydrogen-bond acceptors (Lipinski definition) is 12. The number of phenols is 4. The summed E-state index contributed by atoms with van der Waals surface area (Å²) in [5.74, 6) is 0.832. The molecule has 12 heteroatoms. The van der Waals surface area contributed by atoms with Crippen LogP contribution in [0.25, 0.3) is 0 Å². The van der Waals surface area contributed by atoms with E-state index in [1.807, 2.05) is 76.2 Å². The number of hydrogen-bond donors (Lipinski definition) is 4. The number of aliphatic imine (C=N–C) groups is 8. The Balaban J connectivity index is 0.000000200. The molecule has 8 bridgehead atoms. The Labute approximate surface area is 389 Å². The van der Waals surface area contributed by atoms with Crippen LogP contribution in [-0.2, 0) is 0 Å². The molecule has 0 radical (unpaired) electrons. The minimum atomic E-state index is 0.0434. The highest BCUT2D eigenvalue weighted by Gasteiger charge is 2.25. The molecular weight excluding hydrogens is 825 g/mol. The third-order valence-electron chi connectivity index (χ3n) is 12.3. The molecule has 2 saturated carbocycles. The van der Waals surface area contributed by atoms with Crippen molar-refractivity contribution in [3.8, 4) is 23.0 Å². The molecule has 2 fully saturated rings. The van der Waals surface area contributed by atoms with E-state index < -0.39 is 0 Å². The van der Waals surface area contributed by atoms with E-state index in [1.54, 1.807) is 49.7 Å². The van der Waals surface area contributed by atoms with Crippen LogP contribution >= 0.6 is 0 Å². The van der Waals surface area contributed by atoms with Gasteiger partial charge in [0.2, 0.25) is 0 Å². The van der Waals surface area contributed by atoms with Crippen LogP contribution in [0.5, 0.6) is 23.0 Å². The molecule has 4 aromatic rings. The monoisotopic (exact) mass is 889 g/mol. The standard InChI is InChI=1S/C30H36N4O2.C24H28N4O2/c1-19-11-21-15-31-25-7-3-5-9-27(25)33-17-23-13-20(2)14-24(30(23)36)18-34-28-10-6-4-8-26(28)32-16-22(12-19)29(21)35;1-17-9-19-13-25-5-3-7-27-15-21-11-18(2)12-22(24(21)30)16-28-8-4-6-26-14-20(10-17)23(19)29/h11-18,25-28,35-36H,3-10H2,1-2H3;9-16,29-30H,3-8H2,1-2H3. The minimum absolute atomic E-state index is 0.0434. The minimum Gasteiger partial charge on any atom is -0.507 e. The van der Waals surface area contributed by atoms with E-state index in [1.165, 1.54) is 0 Å². The fourth-order valence-corrected chi connectivity index (χ4v) is 8.87. The van der Waals surface area contributed by atoms with Gasteiger partial charge in [0.1, 0.15) is 23.0 Å². The molecule has 0 amide bonds. The molecule has 2 heterocycles. The molecule has 4 aliphatic rings. The second-order valence-corrected chi connectivity index (χ2v) is 18.0. The van der Waals surface area contributed by atoms with Gasteiger partial charge in [-0.05, 0) is 137 Å². The topological polar surface area (TPSA) is 180 Å². The first-order valence-corrected chi connectivity index (χ1v) is 23.5. The van der Waals surface area contributed by atoms with Crippen molar-refractivity contribution >= 4 is 49.7 Å². The molecule has 4 atom stereocenters. The van der Waals surface area contributed by atoms with Crippen molar-refractivity contribution in [3.63, 3.8) is 0 Å². The van der Waals surface area contributed by atoms with Crippen molar-refractivity contribution in [2.24, 2.45) is 39.9 Å². The lowest BCUT2D eigenvalue weighted by molar-refractivity contribution is 0.389. The largest absolute Gasteiger partial charge is 0.507 e. The zero-order valence-corrected chi connectivity index (χ0v) is 38.8. The zero-order chi connectivity index (χ0) is 46.4. The predicted octanol–water partition coefficient (Wildman–Crippen LogP) is 9.61. The molecule has 344 valence electrons. The summed E-state index contributed by atoms with van der Waals surface area (Å²) in [6, 6.07) is 15.7. The van der Waals surface area contributed by atoms with E-state index in [9.17, 15) is 20.4 Å². The number of nitrogens with zero attached hydrogens (tertiary/aromatic N) is 8. The summed E-state index contributed by atoms with van der Waals surface area (Å²) < 4.78 is 0. The number of phenolic OH excluding ortho intramolecular Hbond substituents is 4. The van der Waals surface area contributed by atoms with E-state index >= 15 is 0 Å². The molecule has 4 N–H and O–H groups in total. The fraction of sp³-hybridized carbons (Fsp3) is 0.407. The van der Waals surface area contributed by atoms with Crippen molar-refractivity contribution < 1.29 is 20.4 Å². The highest BCUT2D eigenvalue weighted by atomic mass is 16.3. The third kappa shape index (κ3) is 12.8. The second kappa shape index (κ2) is 23.1. The summed E-state index contributed by atoms with van der Waals surface area (Å²) in [5, 5.41) is 43.1. The van der Waals surface area contributed by atoms with Gasteiger partial charge in [0.15, 0.2) is 0 Å². The van der Waals surface area contributed by atoms with Gasteiger partial charge in [0.05, 0.1) is 24.2 Å². The zero-order valence-electron chi connectivity index (χ0n) is 38.8. The normalized spacial score (nSPS) is 21.2. The number of rotatable bonds is 0. The Morgan fingerprint density at radius 2 is 0.500 bits per heavy atom. The van der Waals surface area contributed by atoms with Gasteiger partial charge in [-0.1, -0.05) is 25.7 Å². The number of fused-ring (bicyclic) bond motifs is 10. The predicted molar refractivity (Wildman–Crippen MR) is 273 cm³/mol. The average molecular weight is 889 g/mol. The Hall–Kier alpha value is -6.56. The van der Waals surface area contributed by atoms with Gasteiger partial charge < -0.3 is 20.4 Å². The van der Waals surface area contributed by atoms with Crippen LogP contribution in [0.2, 0.25) is 0 Å². The second-order valence-electron chi connectivity index (χ2n) is 18.0. The highest BCUT2D eigenvalue weighted by molar-refractivity contribution is 5.95. The van der Waals surface area contributed by atoms with E-state index in [-0.39, 0.29) is 47.2 Å². The summed E-state index contributed by atoms with van der Waals surface area (Å²) in [5.41, 5.74) is 9.83. The van der Waals surface area contributed by atoms with Gasteiger partial charge in [-0.2, -0.15) is 0 Å². The van der Waals surface area contributed by atoms with Crippen molar-refractivity contribution in [2.45, 2.75) is 116 Å². The van der Waals surface area contributed by atoms with E-state index in [0.29, 0.717) is 70.7 Å². The van der Waals surface area contributed by atoms with Gasteiger partial charge in [0.25, 0.3) is 0 Å². The van der Waals surface area contributed by atoms with Crippen LogP contribution in [0.1, 0.15) is 131 Å². The molecule has 4 aromatic carbocycles. The highest BCUT2D eigenvalue weighted by Crippen LogP contribution is 2.30. The Morgan fingerprint density at radius 3 is 0.712 bits per heavy atom. The summed E-state index contributed by atoms with van der Waals surface area (Å²) >= 11 is 0. The summed E-state index contributed by atoms with van der Waals surface area (Å²) in [6.45, 7) is 10.5.